The molecule has 3 aliphatic rings. The molecule has 1 N–H and O–H groups in total. The number of benzene rings is 2. The number of anilines is 1. The van der Waals surface area contributed by atoms with Gasteiger partial charge in [0.05, 0.1) is 30.3 Å². The molecule has 0 bridgehead atoms. The van der Waals surface area contributed by atoms with Gasteiger partial charge >= 0.3 is 0 Å². The van der Waals surface area contributed by atoms with Gasteiger partial charge in [0.15, 0.2) is 0 Å². The number of sulfonamides is 1. The van der Waals surface area contributed by atoms with Gasteiger partial charge in [-0.05, 0) is 66.1 Å². The molecule has 182 valence electrons. The summed E-state index contributed by atoms with van der Waals surface area (Å²) in [7, 11) is -3.52. The van der Waals surface area contributed by atoms with Crippen molar-refractivity contribution in [1.29, 1.82) is 0 Å². The summed E-state index contributed by atoms with van der Waals surface area (Å²) in [5, 5.41) is 7.79. The van der Waals surface area contributed by atoms with Crippen LogP contribution in [0.25, 0.3) is 11.3 Å². The van der Waals surface area contributed by atoms with E-state index in [4.69, 9.17) is 9.84 Å². The Morgan fingerprint density at radius 3 is 2.60 bits per heavy atom. The van der Waals surface area contributed by atoms with Crippen LogP contribution in [-0.4, -0.2) is 54.7 Å². The summed E-state index contributed by atoms with van der Waals surface area (Å²) in [6.45, 7) is 3.83. The van der Waals surface area contributed by atoms with Crippen molar-refractivity contribution < 1.29 is 17.9 Å². The number of nitrogens with one attached hydrogen (secondary N) is 1. The molecule has 8 nitrogen and oxygen atoms in total. The van der Waals surface area contributed by atoms with Gasteiger partial charge in [0, 0.05) is 37.0 Å². The molecule has 0 radical (unpaired) electrons. The fourth-order valence-electron chi connectivity index (χ4n) is 5.28. The van der Waals surface area contributed by atoms with Crippen LogP contribution in [0.3, 0.4) is 0 Å². The van der Waals surface area contributed by atoms with Crippen LogP contribution in [0.5, 0.6) is 0 Å². The lowest BCUT2D eigenvalue weighted by atomic mass is 9.98. The number of nitrogens with zero attached hydrogens (tertiary/aromatic N) is 3. The Morgan fingerprint density at radius 1 is 1.09 bits per heavy atom. The van der Waals surface area contributed by atoms with Crippen molar-refractivity contribution in [3.8, 4) is 11.3 Å². The normalized spacial score (nSPS) is 21.7. The number of carbonyl (C=O) groups excluding carboxylic acids is 1. The first kappa shape index (κ1) is 22.5. The van der Waals surface area contributed by atoms with Crippen LogP contribution < -0.4 is 5.32 Å². The van der Waals surface area contributed by atoms with Gasteiger partial charge in [-0.15, -0.1) is 0 Å². The third-order valence-electron chi connectivity index (χ3n) is 7.20. The van der Waals surface area contributed by atoms with E-state index < -0.39 is 10.0 Å². The monoisotopic (exact) mass is 492 g/mol. The van der Waals surface area contributed by atoms with Crippen molar-refractivity contribution in [3.05, 3.63) is 65.4 Å². The van der Waals surface area contributed by atoms with Crippen molar-refractivity contribution in [2.75, 3.05) is 31.6 Å². The molecule has 1 aromatic heterocycles. The Labute approximate surface area is 204 Å². The summed E-state index contributed by atoms with van der Waals surface area (Å²) in [5.74, 6) is 1.03. The van der Waals surface area contributed by atoms with Crippen molar-refractivity contribution in [2.24, 2.45) is 5.92 Å². The molecule has 1 saturated carbocycles. The van der Waals surface area contributed by atoms with Crippen LogP contribution in [0.15, 0.2) is 53.4 Å². The molecule has 0 spiro atoms. The topological polar surface area (TPSA) is 93.5 Å². The lowest BCUT2D eigenvalue weighted by Gasteiger charge is -2.26. The number of carbonyl (C=O) groups is 1. The first-order valence-corrected chi connectivity index (χ1v) is 13.5. The van der Waals surface area contributed by atoms with E-state index in [0.29, 0.717) is 49.6 Å². The van der Waals surface area contributed by atoms with Crippen molar-refractivity contribution in [1.82, 2.24) is 14.1 Å². The van der Waals surface area contributed by atoms with E-state index in [0.717, 1.165) is 29.8 Å². The molecule has 6 rings (SSSR count). The lowest BCUT2D eigenvalue weighted by Crippen LogP contribution is -2.40. The number of amides is 1. The average molecular weight is 493 g/mol. The minimum Gasteiger partial charge on any atom is -0.379 e. The molecule has 1 aliphatic carbocycles. The Hall–Kier alpha value is -3.01. The number of ether oxygens (including phenoxy) is 1. The second-order valence-corrected chi connectivity index (χ2v) is 11.6. The number of hydrogen-bond donors (Lipinski definition) is 1. The van der Waals surface area contributed by atoms with E-state index in [2.05, 4.69) is 28.2 Å². The molecule has 1 saturated heterocycles. The van der Waals surface area contributed by atoms with Gasteiger partial charge in [-0.25, -0.2) is 8.42 Å². The summed E-state index contributed by atoms with van der Waals surface area (Å²) in [5.41, 5.74) is 6.34. The predicted octanol–water partition coefficient (Wildman–Crippen LogP) is 3.24. The Bertz CT molecular complexity index is 1390. The number of fused-ring (bicyclic) bond motifs is 4. The van der Waals surface area contributed by atoms with Crippen LogP contribution in [0.4, 0.5) is 5.69 Å². The first-order valence-electron chi connectivity index (χ1n) is 12.0. The van der Waals surface area contributed by atoms with Gasteiger partial charge in [-0.3, -0.25) is 9.48 Å². The fourth-order valence-corrected chi connectivity index (χ4v) is 6.69. The van der Waals surface area contributed by atoms with Gasteiger partial charge in [0.1, 0.15) is 0 Å². The van der Waals surface area contributed by atoms with Crippen LogP contribution in [0.1, 0.15) is 36.1 Å². The predicted molar refractivity (Wildman–Crippen MR) is 132 cm³/mol. The molecular formula is C26H28N4O4S. The van der Waals surface area contributed by atoms with E-state index in [1.807, 2.05) is 18.2 Å². The van der Waals surface area contributed by atoms with Crippen molar-refractivity contribution in [3.63, 3.8) is 0 Å². The van der Waals surface area contributed by atoms with E-state index in [9.17, 15) is 13.2 Å². The number of hydrogen-bond acceptors (Lipinski definition) is 5. The number of rotatable bonds is 4. The molecule has 1 amide bonds. The summed E-state index contributed by atoms with van der Waals surface area (Å²) < 4.78 is 34.7. The molecule has 9 heteroatoms. The summed E-state index contributed by atoms with van der Waals surface area (Å²) in [6, 6.07) is 15.3. The van der Waals surface area contributed by atoms with E-state index in [1.165, 1.54) is 28.0 Å². The molecule has 3 aromatic rings. The maximum absolute atomic E-state index is 12.9. The maximum atomic E-state index is 12.9. The maximum Gasteiger partial charge on any atom is 0.243 e. The molecule has 2 unspecified atom stereocenters. The van der Waals surface area contributed by atoms with Crippen LogP contribution in [-0.2, 0) is 32.5 Å². The Balaban J connectivity index is 1.27. The number of aromatic nitrogens is 2. The van der Waals surface area contributed by atoms with Gasteiger partial charge < -0.3 is 10.1 Å². The Morgan fingerprint density at radius 2 is 1.86 bits per heavy atom. The summed E-state index contributed by atoms with van der Waals surface area (Å²) in [6.07, 6.45) is 2.11. The molecule has 2 aromatic carbocycles. The molecule has 2 atom stereocenters. The average Bonchev–Trinajstić information content (AvgIpc) is 3.49. The zero-order chi connectivity index (χ0) is 24.2. The fraction of sp³-hybridized carbons (Fsp3) is 0.385. The molecule has 2 fully saturated rings. The van der Waals surface area contributed by atoms with Crippen molar-refractivity contribution >= 4 is 21.6 Å². The smallest absolute Gasteiger partial charge is 0.243 e. The van der Waals surface area contributed by atoms with Crippen LogP contribution in [0.2, 0.25) is 0 Å². The second-order valence-electron chi connectivity index (χ2n) is 9.62. The van der Waals surface area contributed by atoms with Gasteiger partial charge in [0.25, 0.3) is 0 Å². The second kappa shape index (κ2) is 8.58. The first-order chi connectivity index (χ1) is 16.9. The molecule has 3 heterocycles. The molecule has 2 aliphatic heterocycles. The zero-order valence-electron chi connectivity index (χ0n) is 19.6. The third kappa shape index (κ3) is 4.28. The highest BCUT2D eigenvalue weighted by Gasteiger charge is 2.41. The van der Waals surface area contributed by atoms with Gasteiger partial charge in [-0.2, -0.15) is 9.40 Å². The third-order valence-corrected chi connectivity index (χ3v) is 9.11. The van der Waals surface area contributed by atoms with Crippen molar-refractivity contribution in [2.45, 2.75) is 37.1 Å². The Kier molecular flexibility index (Phi) is 5.51. The van der Waals surface area contributed by atoms with E-state index in [-0.39, 0.29) is 5.91 Å². The minimum absolute atomic E-state index is 0.0640. The quantitative estimate of drug-likeness (QED) is 0.604. The summed E-state index contributed by atoms with van der Waals surface area (Å²) >= 11 is 0. The largest absolute Gasteiger partial charge is 0.379 e. The summed E-state index contributed by atoms with van der Waals surface area (Å²) in [4.78, 5) is 11.8. The van der Waals surface area contributed by atoms with Gasteiger partial charge in [0.2, 0.25) is 15.9 Å². The van der Waals surface area contributed by atoms with Gasteiger partial charge in [-0.1, -0.05) is 18.2 Å². The highest BCUT2D eigenvalue weighted by Crippen LogP contribution is 2.52. The van der Waals surface area contributed by atoms with E-state index in [1.54, 1.807) is 12.1 Å². The molecular weight excluding hydrogens is 464 g/mol. The van der Waals surface area contributed by atoms with Crippen LogP contribution >= 0.6 is 0 Å². The number of morpholine rings is 1. The SMILES string of the molecule is CC(=O)Nc1ccc2c(c1)C1CC1Cc1cc(-c3ccc(S(=O)(=O)N4CCOCC4)cc3)nn1C2. The highest BCUT2D eigenvalue weighted by molar-refractivity contribution is 7.89. The van der Waals surface area contributed by atoms with E-state index >= 15 is 0 Å². The standard InChI is InChI=1S/C26H28N4O4S/c1-17(31)27-21-5-2-19-16-30-22(12-20-13-24(20)25(19)14-21)15-26(28-30)18-3-6-23(7-4-18)35(32,33)29-8-10-34-11-9-29/h2-7,14-15,20,24H,8-13,16H2,1H3,(H,27,31). The minimum atomic E-state index is -3.52. The highest BCUT2D eigenvalue weighted by atomic mass is 32.2. The molecule has 35 heavy (non-hydrogen) atoms. The van der Waals surface area contributed by atoms with Crippen LogP contribution in [0, 0.1) is 5.92 Å². The lowest BCUT2D eigenvalue weighted by molar-refractivity contribution is -0.114. The zero-order valence-corrected chi connectivity index (χ0v) is 20.4.